The number of methoxy groups -OCH3 is 1. The van der Waals surface area contributed by atoms with Crippen molar-refractivity contribution >= 4 is 29.3 Å². The van der Waals surface area contributed by atoms with Crippen LogP contribution in [-0.4, -0.2) is 45.5 Å². The average Bonchev–Trinajstić information content (AvgIpc) is 2.80. The van der Waals surface area contributed by atoms with Crippen LogP contribution < -0.4 is 4.74 Å². The summed E-state index contributed by atoms with van der Waals surface area (Å²) in [5, 5.41) is 0. The first kappa shape index (κ1) is 15.5. The van der Waals surface area contributed by atoms with Crippen molar-refractivity contribution in [3.63, 3.8) is 0 Å². The molecule has 0 aromatic carbocycles. The normalized spacial score (nSPS) is 10.8. The van der Waals surface area contributed by atoms with Gasteiger partial charge < -0.3 is 19.2 Å². The quantitative estimate of drug-likeness (QED) is 0.832. The molecule has 0 fully saturated rings. The molecule has 114 valence electrons. The predicted molar refractivity (Wildman–Crippen MR) is 84.0 cm³/mol. The maximum atomic E-state index is 12.1. The van der Waals surface area contributed by atoms with E-state index in [1.807, 2.05) is 29.4 Å². The summed E-state index contributed by atoms with van der Waals surface area (Å²) in [7, 11) is 1.57. The SMILES string of the molecule is CCN(CC)C(=O)CCn1c(=S)[nH]c2ccc(OC)nc21. The Hall–Kier alpha value is -1.89. The van der Waals surface area contributed by atoms with Crippen LogP contribution in [0.15, 0.2) is 12.1 Å². The zero-order valence-electron chi connectivity index (χ0n) is 12.5. The largest absolute Gasteiger partial charge is 0.481 e. The van der Waals surface area contributed by atoms with Gasteiger partial charge in [0.25, 0.3) is 0 Å². The minimum absolute atomic E-state index is 0.124. The second kappa shape index (κ2) is 6.71. The highest BCUT2D eigenvalue weighted by Crippen LogP contribution is 2.16. The fourth-order valence-electron chi connectivity index (χ4n) is 2.28. The lowest BCUT2D eigenvalue weighted by Crippen LogP contribution is -2.31. The van der Waals surface area contributed by atoms with Gasteiger partial charge in [0.05, 0.1) is 12.6 Å². The maximum Gasteiger partial charge on any atom is 0.224 e. The average molecular weight is 308 g/mol. The highest BCUT2D eigenvalue weighted by molar-refractivity contribution is 7.71. The molecule has 2 aromatic rings. The van der Waals surface area contributed by atoms with Gasteiger partial charge in [-0.05, 0) is 32.1 Å². The number of ether oxygens (including phenoxy) is 1. The van der Waals surface area contributed by atoms with E-state index in [0.29, 0.717) is 29.3 Å². The monoisotopic (exact) mass is 308 g/mol. The van der Waals surface area contributed by atoms with Crippen LogP contribution in [0.4, 0.5) is 0 Å². The number of aromatic amines is 1. The molecule has 0 bridgehead atoms. The second-order valence-electron chi connectivity index (χ2n) is 4.62. The zero-order valence-corrected chi connectivity index (χ0v) is 13.4. The number of hydrogen-bond acceptors (Lipinski definition) is 4. The van der Waals surface area contributed by atoms with Crippen LogP contribution >= 0.6 is 12.2 Å². The first-order valence-corrected chi connectivity index (χ1v) is 7.42. The number of hydrogen-bond donors (Lipinski definition) is 1. The molecule has 21 heavy (non-hydrogen) atoms. The molecule has 0 aliphatic rings. The van der Waals surface area contributed by atoms with Gasteiger partial charge in [-0.2, -0.15) is 4.98 Å². The number of nitrogens with one attached hydrogen (secondary N) is 1. The first-order valence-electron chi connectivity index (χ1n) is 7.02. The molecule has 2 aromatic heterocycles. The van der Waals surface area contributed by atoms with E-state index in [-0.39, 0.29) is 5.91 Å². The lowest BCUT2D eigenvalue weighted by molar-refractivity contribution is -0.131. The molecule has 0 saturated heterocycles. The van der Waals surface area contributed by atoms with Gasteiger partial charge in [0, 0.05) is 32.1 Å². The molecule has 2 heterocycles. The summed E-state index contributed by atoms with van der Waals surface area (Å²) in [5.74, 6) is 0.652. The van der Waals surface area contributed by atoms with Crippen LogP contribution in [0, 0.1) is 4.77 Å². The van der Waals surface area contributed by atoms with Gasteiger partial charge >= 0.3 is 0 Å². The fraction of sp³-hybridized carbons (Fsp3) is 0.500. The Kier molecular flexibility index (Phi) is 4.95. The van der Waals surface area contributed by atoms with E-state index in [1.54, 1.807) is 13.2 Å². The van der Waals surface area contributed by atoms with E-state index in [0.717, 1.165) is 18.6 Å². The van der Waals surface area contributed by atoms with E-state index in [2.05, 4.69) is 9.97 Å². The van der Waals surface area contributed by atoms with Crippen molar-refractivity contribution in [3.8, 4) is 5.88 Å². The Labute approximate surface area is 128 Å². The summed E-state index contributed by atoms with van der Waals surface area (Å²) < 4.78 is 7.55. The molecule has 2 rings (SSSR count). The smallest absolute Gasteiger partial charge is 0.224 e. The Morgan fingerprint density at radius 3 is 2.76 bits per heavy atom. The maximum absolute atomic E-state index is 12.1. The number of amides is 1. The van der Waals surface area contributed by atoms with E-state index >= 15 is 0 Å². The molecule has 0 spiro atoms. The second-order valence-corrected chi connectivity index (χ2v) is 5.01. The first-order chi connectivity index (χ1) is 10.1. The molecule has 0 aliphatic heterocycles. The molecule has 1 amide bonds. The van der Waals surface area contributed by atoms with Crippen molar-refractivity contribution in [3.05, 3.63) is 16.9 Å². The number of fused-ring (bicyclic) bond motifs is 1. The van der Waals surface area contributed by atoms with Gasteiger partial charge in [0.15, 0.2) is 10.4 Å². The molecule has 0 radical (unpaired) electrons. The Morgan fingerprint density at radius 2 is 2.14 bits per heavy atom. The summed E-state index contributed by atoms with van der Waals surface area (Å²) in [5.41, 5.74) is 1.56. The van der Waals surface area contributed by atoms with Crippen LogP contribution in [-0.2, 0) is 11.3 Å². The Balaban J connectivity index is 2.23. The number of imidazole rings is 1. The third-order valence-corrected chi connectivity index (χ3v) is 3.79. The Bertz CT molecular complexity index is 688. The van der Waals surface area contributed by atoms with Crippen molar-refractivity contribution < 1.29 is 9.53 Å². The van der Waals surface area contributed by atoms with Crippen molar-refractivity contribution in [1.29, 1.82) is 0 Å². The van der Waals surface area contributed by atoms with Crippen LogP contribution in [0.5, 0.6) is 5.88 Å². The number of aromatic nitrogens is 3. The molecule has 0 atom stereocenters. The Morgan fingerprint density at radius 1 is 1.43 bits per heavy atom. The van der Waals surface area contributed by atoms with Crippen LogP contribution in [0.1, 0.15) is 20.3 Å². The van der Waals surface area contributed by atoms with Gasteiger partial charge in [0.1, 0.15) is 0 Å². The van der Waals surface area contributed by atoms with Gasteiger partial charge in [-0.3, -0.25) is 4.79 Å². The van der Waals surface area contributed by atoms with E-state index in [4.69, 9.17) is 17.0 Å². The van der Waals surface area contributed by atoms with Gasteiger partial charge in [-0.1, -0.05) is 0 Å². The van der Waals surface area contributed by atoms with Crippen LogP contribution in [0.3, 0.4) is 0 Å². The number of nitrogens with zero attached hydrogens (tertiary/aromatic N) is 3. The summed E-state index contributed by atoms with van der Waals surface area (Å²) in [6.07, 6.45) is 0.405. The van der Waals surface area contributed by atoms with Gasteiger partial charge in [-0.15, -0.1) is 0 Å². The van der Waals surface area contributed by atoms with E-state index < -0.39 is 0 Å². The van der Waals surface area contributed by atoms with Gasteiger partial charge in [-0.25, -0.2) is 0 Å². The van der Waals surface area contributed by atoms with Crippen LogP contribution in [0.25, 0.3) is 11.2 Å². The third-order valence-electron chi connectivity index (χ3n) is 3.47. The summed E-state index contributed by atoms with van der Waals surface area (Å²) in [4.78, 5) is 21.4. The summed E-state index contributed by atoms with van der Waals surface area (Å²) >= 11 is 5.31. The number of carbonyl (C=O) groups excluding carboxylic acids is 1. The summed E-state index contributed by atoms with van der Waals surface area (Å²) in [6, 6.07) is 3.65. The van der Waals surface area contributed by atoms with Crippen molar-refractivity contribution in [2.75, 3.05) is 20.2 Å². The fourth-order valence-corrected chi connectivity index (χ4v) is 2.56. The molecule has 0 aliphatic carbocycles. The highest BCUT2D eigenvalue weighted by Gasteiger charge is 2.12. The topological polar surface area (TPSA) is 63.2 Å². The highest BCUT2D eigenvalue weighted by atomic mass is 32.1. The molecule has 0 unspecified atom stereocenters. The molecule has 0 saturated carbocycles. The van der Waals surface area contributed by atoms with Crippen LogP contribution in [0.2, 0.25) is 0 Å². The molecule has 7 heteroatoms. The summed E-state index contributed by atoms with van der Waals surface area (Å²) in [6.45, 7) is 5.91. The van der Waals surface area contributed by atoms with Crippen molar-refractivity contribution in [1.82, 2.24) is 19.4 Å². The lowest BCUT2D eigenvalue weighted by atomic mass is 10.3. The minimum Gasteiger partial charge on any atom is -0.481 e. The molecular formula is C14H20N4O2S. The number of pyridine rings is 1. The molecule has 1 N–H and O–H groups in total. The molecular weight excluding hydrogens is 288 g/mol. The molecule has 6 nitrogen and oxygen atoms in total. The lowest BCUT2D eigenvalue weighted by Gasteiger charge is -2.18. The minimum atomic E-state index is 0.124. The number of H-pyrrole nitrogens is 1. The zero-order chi connectivity index (χ0) is 15.4. The van der Waals surface area contributed by atoms with Crippen molar-refractivity contribution in [2.45, 2.75) is 26.8 Å². The third kappa shape index (κ3) is 3.24. The number of carbonyl (C=O) groups is 1. The van der Waals surface area contributed by atoms with Gasteiger partial charge in [0.2, 0.25) is 11.8 Å². The number of rotatable bonds is 6. The van der Waals surface area contributed by atoms with Crippen molar-refractivity contribution in [2.24, 2.45) is 0 Å². The standard InChI is InChI=1S/C14H20N4O2S/c1-4-17(5-2)12(19)8-9-18-13-10(15-14(18)21)6-7-11(16-13)20-3/h6-7H,4-5,8-9H2,1-3H3,(H,15,21). The predicted octanol–water partition coefficient (Wildman–Crippen LogP) is 2.36. The van der Waals surface area contributed by atoms with E-state index in [1.165, 1.54) is 0 Å². The number of aryl methyl sites for hydroxylation is 1. The van der Waals surface area contributed by atoms with E-state index in [9.17, 15) is 4.79 Å².